The number of nitrogens with one attached hydrogen (secondary N) is 5. The van der Waals surface area contributed by atoms with Gasteiger partial charge in [-0.15, -0.1) is 0 Å². The number of carboxylic acids is 2. The van der Waals surface area contributed by atoms with E-state index in [0.717, 1.165) is 6.92 Å². The maximum Gasteiger partial charge on any atom is 0.328 e. The largest absolute Gasteiger partial charge is 0.481 e. The van der Waals surface area contributed by atoms with Crippen molar-refractivity contribution in [3.05, 3.63) is 0 Å². The van der Waals surface area contributed by atoms with Crippen LogP contribution < -0.4 is 32.3 Å². The number of rotatable bonds is 6. The molecule has 0 aliphatic carbocycles. The van der Waals surface area contributed by atoms with Gasteiger partial charge in [-0.1, -0.05) is 0 Å². The molecule has 0 heterocycles. The fraction of sp³-hybridized carbons (Fsp3) is 0.654. The SMILES string of the molecule is CC(=O)NC(C)C(=O)O.CC(=O)O.CN.CNC(C)=O.CNC(C)=O.COC(=O)C(C)NC(C)=O.COC(=O)C(C)NC(C)=O. The number of nitrogens with two attached hydrogens (primary N) is 1. The Hall–Kier alpha value is -4.81. The van der Waals surface area contributed by atoms with Crippen LogP contribution in [0.2, 0.25) is 0 Å². The van der Waals surface area contributed by atoms with Gasteiger partial charge in [-0.3, -0.25) is 33.6 Å². The monoisotopic (exact) mass is 658 g/mol. The van der Waals surface area contributed by atoms with E-state index in [2.05, 4.69) is 41.8 Å². The van der Waals surface area contributed by atoms with Crippen molar-refractivity contribution in [2.75, 3.05) is 35.4 Å². The van der Waals surface area contributed by atoms with Crippen molar-refractivity contribution >= 4 is 53.4 Å². The van der Waals surface area contributed by atoms with Crippen molar-refractivity contribution in [3.63, 3.8) is 0 Å². The normalized spacial score (nSPS) is 9.93. The smallest absolute Gasteiger partial charge is 0.328 e. The first-order valence-electron chi connectivity index (χ1n) is 12.8. The van der Waals surface area contributed by atoms with Crippen LogP contribution in [0.4, 0.5) is 0 Å². The second-order valence-corrected chi connectivity index (χ2v) is 7.78. The summed E-state index contributed by atoms with van der Waals surface area (Å²) in [5.74, 6) is -3.52. The second-order valence-electron chi connectivity index (χ2n) is 7.78. The summed E-state index contributed by atoms with van der Waals surface area (Å²) in [4.78, 5) is 90.5. The fourth-order valence-corrected chi connectivity index (χ4v) is 1.45. The van der Waals surface area contributed by atoms with Crippen LogP contribution in [0.25, 0.3) is 0 Å². The number of carboxylic acid groups (broad SMARTS) is 2. The van der Waals surface area contributed by atoms with Gasteiger partial charge in [-0.2, -0.15) is 0 Å². The van der Waals surface area contributed by atoms with Gasteiger partial charge < -0.3 is 52.0 Å². The van der Waals surface area contributed by atoms with Crippen molar-refractivity contribution in [2.24, 2.45) is 5.73 Å². The molecule has 19 heteroatoms. The van der Waals surface area contributed by atoms with E-state index in [1.807, 2.05) is 0 Å². The summed E-state index contributed by atoms with van der Waals surface area (Å²) in [6.45, 7) is 12.5. The summed E-state index contributed by atoms with van der Waals surface area (Å²) in [5.41, 5.74) is 4.50. The molecule has 0 aromatic carbocycles. The van der Waals surface area contributed by atoms with Crippen LogP contribution in [0.15, 0.2) is 0 Å². The van der Waals surface area contributed by atoms with Gasteiger partial charge in [-0.25, -0.2) is 9.59 Å². The van der Waals surface area contributed by atoms with Gasteiger partial charge in [-0.05, 0) is 27.8 Å². The standard InChI is InChI=1S/2C6H11NO3.C5H9NO3.2C3H7NO.C2H4O2.CH5N/c2*1-4(6(9)10-3)7-5(2)8;1-3(5(8)9)6-4(2)7;2*1-3(5)4-2;1-2(3)4;1-2/h2*4H,1-3H3,(H,7,8);3H,1-2H3,(H,6,7)(H,8,9);2*1-2H3,(H,4,5);1H3,(H,3,4);2H2,1H3. The van der Waals surface area contributed by atoms with Crippen molar-refractivity contribution in [1.29, 1.82) is 0 Å². The molecule has 0 fully saturated rings. The Morgan fingerprint density at radius 1 is 0.511 bits per heavy atom. The quantitative estimate of drug-likeness (QED) is 0.145. The maximum atomic E-state index is 10.6. The summed E-state index contributed by atoms with van der Waals surface area (Å²) in [5, 5.41) is 27.4. The molecule has 0 saturated heterocycles. The Labute approximate surface area is 264 Å². The molecule has 0 saturated carbocycles. The number of esters is 2. The predicted molar refractivity (Wildman–Crippen MR) is 164 cm³/mol. The lowest BCUT2D eigenvalue weighted by atomic mass is 10.3. The van der Waals surface area contributed by atoms with Crippen LogP contribution in [0.3, 0.4) is 0 Å². The summed E-state index contributed by atoms with van der Waals surface area (Å²) in [6, 6.07) is -1.90. The van der Waals surface area contributed by atoms with Crippen LogP contribution in [-0.4, -0.2) is 117 Å². The first-order chi connectivity index (χ1) is 20.5. The third kappa shape index (κ3) is 73.3. The number of amides is 5. The minimum absolute atomic E-state index is 0.00463. The maximum absolute atomic E-state index is 10.6. The highest BCUT2D eigenvalue weighted by molar-refractivity contribution is 5.83. The topological polar surface area (TPSA) is 299 Å². The van der Waals surface area contributed by atoms with Crippen molar-refractivity contribution in [3.8, 4) is 0 Å². The van der Waals surface area contributed by atoms with Gasteiger partial charge in [0.25, 0.3) is 5.97 Å². The number of hydrogen-bond donors (Lipinski definition) is 8. The number of ether oxygens (including phenoxy) is 2. The molecule has 19 nitrogen and oxygen atoms in total. The van der Waals surface area contributed by atoms with Gasteiger partial charge >= 0.3 is 17.9 Å². The van der Waals surface area contributed by atoms with Crippen LogP contribution in [-0.2, 0) is 52.6 Å². The van der Waals surface area contributed by atoms with Crippen LogP contribution in [0.1, 0.15) is 62.3 Å². The molecule has 45 heavy (non-hydrogen) atoms. The number of methoxy groups -OCH3 is 2. The lowest BCUT2D eigenvalue weighted by Gasteiger charge is -2.08. The van der Waals surface area contributed by atoms with Gasteiger partial charge in [0, 0.05) is 55.6 Å². The third-order valence-corrected chi connectivity index (χ3v) is 3.44. The molecule has 9 N–H and O–H groups in total. The van der Waals surface area contributed by atoms with E-state index in [1.54, 1.807) is 27.9 Å². The molecule has 266 valence electrons. The van der Waals surface area contributed by atoms with Crippen molar-refractivity contribution < 1.29 is 62.8 Å². The third-order valence-electron chi connectivity index (χ3n) is 3.44. The molecule has 0 radical (unpaired) electrons. The second kappa shape index (κ2) is 39.2. The molecule has 0 aliphatic rings. The van der Waals surface area contributed by atoms with Gasteiger partial charge in [0.05, 0.1) is 14.2 Å². The zero-order chi connectivity index (χ0) is 37.9. The summed E-state index contributed by atoms with van der Waals surface area (Å²) in [7, 11) is 7.26. The van der Waals surface area contributed by atoms with Gasteiger partial charge in [0.15, 0.2) is 0 Å². The first-order valence-corrected chi connectivity index (χ1v) is 12.8. The lowest BCUT2D eigenvalue weighted by Crippen LogP contribution is -2.37. The molecule has 3 unspecified atom stereocenters. The van der Waals surface area contributed by atoms with E-state index in [1.165, 1.54) is 62.8 Å². The zero-order valence-electron chi connectivity index (χ0n) is 28.7. The number of carbonyl (C=O) groups excluding carboxylic acids is 7. The Morgan fingerprint density at radius 3 is 0.778 bits per heavy atom. The highest BCUT2D eigenvalue weighted by atomic mass is 16.5. The number of aliphatic carboxylic acids is 2. The summed E-state index contributed by atoms with van der Waals surface area (Å²) >= 11 is 0. The van der Waals surface area contributed by atoms with Crippen LogP contribution >= 0.6 is 0 Å². The molecule has 0 bridgehead atoms. The van der Waals surface area contributed by atoms with Gasteiger partial charge in [0.1, 0.15) is 18.1 Å². The molecule has 0 aliphatic heterocycles. The van der Waals surface area contributed by atoms with E-state index in [9.17, 15) is 38.4 Å². The molecule has 3 atom stereocenters. The Kier molecular flexibility index (Phi) is 48.8. The Balaban J connectivity index is -0.0000000785. The molecule has 0 spiro atoms. The van der Waals surface area contributed by atoms with Crippen molar-refractivity contribution in [1.82, 2.24) is 26.6 Å². The van der Waals surface area contributed by atoms with Crippen molar-refractivity contribution in [2.45, 2.75) is 80.4 Å². The van der Waals surface area contributed by atoms with E-state index in [-0.39, 0.29) is 29.5 Å². The average Bonchev–Trinajstić information content (AvgIpc) is 2.92. The number of carbonyl (C=O) groups is 9. The van der Waals surface area contributed by atoms with E-state index in [4.69, 9.17) is 15.0 Å². The molecular weight excluding hydrogens is 604 g/mol. The summed E-state index contributed by atoms with van der Waals surface area (Å²) < 4.78 is 8.72. The highest BCUT2D eigenvalue weighted by Crippen LogP contribution is 1.85. The Bertz CT molecular complexity index is 831. The van der Waals surface area contributed by atoms with E-state index >= 15 is 0 Å². The zero-order valence-corrected chi connectivity index (χ0v) is 28.7. The fourth-order valence-electron chi connectivity index (χ4n) is 1.45. The lowest BCUT2D eigenvalue weighted by molar-refractivity contribution is -0.144. The molecule has 0 rings (SSSR count). The van der Waals surface area contributed by atoms with Crippen LogP contribution in [0, 0.1) is 0 Å². The minimum Gasteiger partial charge on any atom is -0.481 e. The molecule has 0 aromatic rings. The van der Waals surface area contributed by atoms with Crippen LogP contribution in [0.5, 0.6) is 0 Å². The van der Waals surface area contributed by atoms with E-state index < -0.39 is 42.0 Å². The number of hydrogen-bond acceptors (Lipinski definition) is 12. The Morgan fingerprint density at radius 2 is 0.689 bits per heavy atom. The predicted octanol–water partition coefficient (Wildman–Crippen LogP) is -1.87. The van der Waals surface area contributed by atoms with E-state index in [0.29, 0.717) is 0 Å². The van der Waals surface area contributed by atoms with Gasteiger partial charge in [0.2, 0.25) is 29.5 Å². The molecule has 5 amide bonds. The molecular formula is C26H54N6O13. The minimum atomic E-state index is -1.02. The summed E-state index contributed by atoms with van der Waals surface area (Å²) in [6.07, 6.45) is 0. The highest BCUT2D eigenvalue weighted by Gasteiger charge is 2.13. The molecule has 0 aromatic heterocycles. The average molecular weight is 659 g/mol. The first kappa shape index (κ1) is 56.0.